The highest BCUT2D eigenvalue weighted by Crippen LogP contribution is 2.32. The SMILES string of the molecule is CCCC(CNC(=O)COC)C[C@@H]1[C@H](NC=NN)C[C@H](C(=O)O)N1C(=O)OC(C)(C)C. The van der Waals surface area contributed by atoms with Gasteiger partial charge >= 0.3 is 12.1 Å². The molecule has 1 unspecified atom stereocenters. The molecule has 0 aromatic heterocycles. The summed E-state index contributed by atoms with van der Waals surface area (Å²) in [7, 11) is 1.45. The van der Waals surface area contributed by atoms with Crippen LogP contribution in [-0.2, 0) is 19.1 Å². The van der Waals surface area contributed by atoms with Crippen molar-refractivity contribution in [3.05, 3.63) is 0 Å². The summed E-state index contributed by atoms with van der Waals surface area (Å²) in [6.45, 7) is 7.57. The van der Waals surface area contributed by atoms with Crippen molar-refractivity contribution < 1.29 is 29.0 Å². The van der Waals surface area contributed by atoms with Crippen molar-refractivity contribution in [2.24, 2.45) is 16.9 Å². The lowest BCUT2D eigenvalue weighted by molar-refractivity contribution is -0.142. The number of carboxylic acid groups (broad SMARTS) is 1. The van der Waals surface area contributed by atoms with Crippen LogP contribution in [0.2, 0.25) is 0 Å². The highest BCUT2D eigenvalue weighted by Gasteiger charge is 2.49. The molecule has 1 fully saturated rings. The third-order valence-corrected chi connectivity index (χ3v) is 5.02. The number of nitrogens with two attached hydrogens (primary N) is 1. The number of likely N-dealkylation sites (tertiary alicyclic amines) is 1. The molecule has 1 rings (SSSR count). The summed E-state index contributed by atoms with van der Waals surface area (Å²) in [4.78, 5) is 38.0. The van der Waals surface area contributed by atoms with Crippen LogP contribution in [0.25, 0.3) is 0 Å². The molecule has 1 aliphatic rings. The van der Waals surface area contributed by atoms with Crippen LogP contribution >= 0.6 is 0 Å². The van der Waals surface area contributed by atoms with Gasteiger partial charge in [-0.25, -0.2) is 9.59 Å². The second kappa shape index (κ2) is 12.3. The molecule has 0 bridgehead atoms. The van der Waals surface area contributed by atoms with Crippen molar-refractivity contribution in [2.75, 3.05) is 20.3 Å². The summed E-state index contributed by atoms with van der Waals surface area (Å²) in [6.07, 6.45) is 2.93. The van der Waals surface area contributed by atoms with Gasteiger partial charge in [0.05, 0.1) is 12.1 Å². The van der Waals surface area contributed by atoms with Gasteiger partial charge in [-0.3, -0.25) is 9.69 Å². The van der Waals surface area contributed by atoms with E-state index in [1.807, 2.05) is 6.92 Å². The minimum absolute atomic E-state index is 0.0207. The van der Waals surface area contributed by atoms with Crippen molar-refractivity contribution in [1.29, 1.82) is 0 Å². The van der Waals surface area contributed by atoms with Gasteiger partial charge in [-0.05, 0) is 39.5 Å². The molecule has 2 amide bonds. The number of hydrogen-bond donors (Lipinski definition) is 4. The molecule has 5 N–H and O–H groups in total. The fourth-order valence-electron chi connectivity index (χ4n) is 3.82. The number of nitrogens with zero attached hydrogens (tertiary/aromatic N) is 2. The summed E-state index contributed by atoms with van der Waals surface area (Å²) >= 11 is 0. The molecule has 11 nitrogen and oxygen atoms in total. The first-order valence-corrected chi connectivity index (χ1v) is 10.5. The van der Waals surface area contributed by atoms with Gasteiger partial charge in [0.1, 0.15) is 24.6 Å². The highest BCUT2D eigenvalue weighted by molar-refractivity contribution is 5.82. The van der Waals surface area contributed by atoms with Gasteiger partial charge in [0.15, 0.2) is 0 Å². The number of nitrogens with one attached hydrogen (secondary N) is 2. The molecule has 11 heteroatoms. The Labute approximate surface area is 183 Å². The quantitative estimate of drug-likeness (QED) is 0.159. The Morgan fingerprint density at radius 1 is 1.35 bits per heavy atom. The predicted octanol–water partition coefficient (Wildman–Crippen LogP) is 0.878. The molecule has 4 atom stereocenters. The number of aliphatic carboxylic acids is 1. The lowest BCUT2D eigenvalue weighted by Crippen LogP contribution is -2.51. The summed E-state index contributed by atoms with van der Waals surface area (Å²) < 4.78 is 10.4. The minimum atomic E-state index is -1.11. The Bertz CT molecular complexity index is 636. The molecule has 1 heterocycles. The Balaban J connectivity index is 3.14. The van der Waals surface area contributed by atoms with Crippen molar-refractivity contribution in [1.82, 2.24) is 15.5 Å². The van der Waals surface area contributed by atoms with E-state index in [0.29, 0.717) is 13.0 Å². The average Bonchev–Trinajstić information content (AvgIpc) is 3.02. The third-order valence-electron chi connectivity index (χ3n) is 5.02. The number of carbonyl (C=O) groups is 3. The third kappa shape index (κ3) is 8.60. The van der Waals surface area contributed by atoms with Crippen LogP contribution in [0.15, 0.2) is 5.10 Å². The normalized spacial score (nSPS) is 22.4. The maximum atomic E-state index is 13.0. The Hall–Kier alpha value is -2.56. The van der Waals surface area contributed by atoms with Crippen molar-refractivity contribution in [2.45, 2.75) is 77.1 Å². The molecular weight excluding hydrogens is 406 g/mol. The summed E-state index contributed by atoms with van der Waals surface area (Å²) in [5.74, 6) is 3.89. The fourth-order valence-corrected chi connectivity index (χ4v) is 3.82. The second-order valence-corrected chi connectivity index (χ2v) is 8.72. The number of methoxy groups -OCH3 is 1. The number of amides is 2. The zero-order chi connectivity index (χ0) is 23.6. The van der Waals surface area contributed by atoms with E-state index in [1.54, 1.807) is 20.8 Å². The Morgan fingerprint density at radius 3 is 2.55 bits per heavy atom. The number of rotatable bonds is 11. The summed E-state index contributed by atoms with van der Waals surface area (Å²) in [6, 6.07) is -1.91. The minimum Gasteiger partial charge on any atom is -0.480 e. The zero-order valence-corrected chi connectivity index (χ0v) is 19.1. The molecule has 0 spiro atoms. The molecule has 0 aromatic carbocycles. The van der Waals surface area contributed by atoms with Crippen LogP contribution < -0.4 is 16.5 Å². The smallest absolute Gasteiger partial charge is 0.411 e. The topological polar surface area (TPSA) is 156 Å². The van der Waals surface area contributed by atoms with Crippen molar-refractivity contribution >= 4 is 24.3 Å². The monoisotopic (exact) mass is 443 g/mol. The number of hydrazone groups is 1. The maximum Gasteiger partial charge on any atom is 0.411 e. The maximum absolute atomic E-state index is 13.0. The first-order valence-electron chi connectivity index (χ1n) is 10.5. The van der Waals surface area contributed by atoms with Crippen molar-refractivity contribution in [3.63, 3.8) is 0 Å². The summed E-state index contributed by atoms with van der Waals surface area (Å²) in [5, 5.41) is 19.0. The molecule has 31 heavy (non-hydrogen) atoms. The van der Waals surface area contributed by atoms with E-state index < -0.39 is 29.7 Å². The van der Waals surface area contributed by atoms with Crippen LogP contribution in [0.1, 0.15) is 53.4 Å². The van der Waals surface area contributed by atoms with Gasteiger partial charge in [0, 0.05) is 20.1 Å². The number of hydrogen-bond acceptors (Lipinski definition) is 7. The van der Waals surface area contributed by atoms with Gasteiger partial charge in [-0.1, -0.05) is 13.3 Å². The fraction of sp³-hybridized carbons (Fsp3) is 0.800. The van der Waals surface area contributed by atoms with Crippen molar-refractivity contribution in [3.8, 4) is 0 Å². The summed E-state index contributed by atoms with van der Waals surface area (Å²) in [5.41, 5.74) is -0.772. The number of carbonyl (C=O) groups excluding carboxylic acids is 2. The zero-order valence-electron chi connectivity index (χ0n) is 19.1. The van der Waals surface area contributed by atoms with Gasteiger partial charge in [0.2, 0.25) is 5.91 Å². The lowest BCUT2D eigenvalue weighted by atomic mass is 9.92. The molecule has 1 aliphatic heterocycles. The first kappa shape index (κ1) is 26.5. The van der Waals surface area contributed by atoms with Gasteiger partial charge in [-0.2, -0.15) is 5.10 Å². The Kier molecular flexibility index (Phi) is 10.5. The van der Waals surface area contributed by atoms with Crippen LogP contribution in [0.4, 0.5) is 4.79 Å². The molecule has 0 radical (unpaired) electrons. The highest BCUT2D eigenvalue weighted by atomic mass is 16.6. The molecule has 0 aliphatic carbocycles. The van der Waals surface area contributed by atoms with E-state index in [9.17, 15) is 19.5 Å². The predicted molar refractivity (Wildman–Crippen MR) is 115 cm³/mol. The van der Waals surface area contributed by atoms with E-state index in [-0.39, 0.29) is 30.9 Å². The van der Waals surface area contributed by atoms with Crippen LogP contribution in [0.3, 0.4) is 0 Å². The molecule has 178 valence electrons. The second-order valence-electron chi connectivity index (χ2n) is 8.72. The van der Waals surface area contributed by atoms with Crippen LogP contribution in [0, 0.1) is 5.92 Å². The average molecular weight is 444 g/mol. The van der Waals surface area contributed by atoms with Gasteiger partial charge in [-0.15, -0.1) is 0 Å². The standard InChI is InChI=1S/C20H37N5O6/c1-6-7-13(10-22-17(26)11-30-5)8-15-14(23-12-24-21)9-16(18(27)28)25(15)19(29)31-20(2,3)4/h12-16H,6-11,21H2,1-5H3,(H,22,26)(H,23,24)(H,27,28)/t13?,14-,15-,16-/m1/s1. The number of carboxylic acids is 1. The van der Waals surface area contributed by atoms with E-state index in [2.05, 4.69) is 15.7 Å². The van der Waals surface area contributed by atoms with Gasteiger partial charge < -0.3 is 31.1 Å². The van der Waals surface area contributed by atoms with E-state index in [0.717, 1.165) is 12.8 Å². The van der Waals surface area contributed by atoms with E-state index in [4.69, 9.17) is 15.3 Å². The molecule has 0 saturated carbocycles. The van der Waals surface area contributed by atoms with Crippen LogP contribution in [-0.4, -0.2) is 78.3 Å². The van der Waals surface area contributed by atoms with E-state index >= 15 is 0 Å². The molecule has 0 aromatic rings. The van der Waals surface area contributed by atoms with Gasteiger partial charge in [0.25, 0.3) is 0 Å². The lowest BCUT2D eigenvalue weighted by Gasteiger charge is -2.34. The first-order chi connectivity index (χ1) is 14.5. The largest absolute Gasteiger partial charge is 0.480 e. The Morgan fingerprint density at radius 2 is 2.03 bits per heavy atom. The molecular formula is C20H37N5O6. The molecule has 1 saturated heterocycles. The number of ether oxygens (including phenoxy) is 2. The van der Waals surface area contributed by atoms with E-state index in [1.165, 1.54) is 18.3 Å². The van der Waals surface area contributed by atoms with Crippen LogP contribution in [0.5, 0.6) is 0 Å².